The maximum atomic E-state index is 5.70. The molecule has 0 aromatic heterocycles. The van der Waals surface area contributed by atoms with Crippen molar-refractivity contribution in [1.29, 1.82) is 0 Å². The molecule has 0 aliphatic carbocycles. The number of halogens is 1. The average Bonchev–Trinajstić information content (AvgIpc) is 2.26. The molecule has 1 atom stereocenters. The lowest BCUT2D eigenvalue weighted by atomic mass is 10.1. The molecule has 0 radical (unpaired) electrons. The number of nitrogens with two attached hydrogens (primary N) is 1. The zero-order chi connectivity index (χ0) is 12.8. The van der Waals surface area contributed by atoms with E-state index in [4.69, 9.17) is 18.0 Å². The van der Waals surface area contributed by atoms with E-state index in [1.54, 1.807) is 0 Å². The summed E-state index contributed by atoms with van der Waals surface area (Å²) in [5, 5.41) is 3.41. The summed E-state index contributed by atoms with van der Waals surface area (Å²) in [4.78, 5) is 0.428. The number of benzene rings is 1. The third kappa shape index (κ3) is 4.85. The summed E-state index contributed by atoms with van der Waals surface area (Å²) in [6.07, 6.45) is 2.12. The summed E-state index contributed by atoms with van der Waals surface area (Å²) in [7, 11) is 0. The van der Waals surface area contributed by atoms with E-state index in [0.717, 1.165) is 28.0 Å². The van der Waals surface area contributed by atoms with Crippen LogP contribution in [0.25, 0.3) is 0 Å². The lowest BCUT2D eigenvalue weighted by Gasteiger charge is -2.15. The summed E-state index contributed by atoms with van der Waals surface area (Å²) >= 11 is 10.4. The molecule has 0 spiro atoms. The van der Waals surface area contributed by atoms with Crippen LogP contribution >= 0.6 is 39.9 Å². The first kappa shape index (κ1) is 14.8. The molecule has 0 saturated carbocycles. The van der Waals surface area contributed by atoms with Crippen molar-refractivity contribution in [2.75, 3.05) is 23.9 Å². The fourth-order valence-corrected chi connectivity index (χ4v) is 2.73. The quantitative estimate of drug-likeness (QED) is 0.782. The number of thioether (sulfide) groups is 1. The Morgan fingerprint density at radius 1 is 1.59 bits per heavy atom. The van der Waals surface area contributed by atoms with E-state index in [0.29, 0.717) is 10.9 Å². The summed E-state index contributed by atoms with van der Waals surface area (Å²) < 4.78 is 1.03. The first-order chi connectivity index (χ1) is 8.04. The van der Waals surface area contributed by atoms with Crippen LogP contribution in [0.2, 0.25) is 0 Å². The molecule has 0 aliphatic rings. The van der Waals surface area contributed by atoms with Crippen LogP contribution in [-0.4, -0.2) is 23.5 Å². The number of nitrogens with one attached hydrogen (secondary N) is 1. The molecule has 2 nitrogen and oxygen atoms in total. The van der Waals surface area contributed by atoms with Gasteiger partial charge >= 0.3 is 0 Å². The van der Waals surface area contributed by atoms with Crippen LogP contribution in [-0.2, 0) is 0 Å². The third-order valence-corrected chi connectivity index (χ3v) is 3.95. The lowest BCUT2D eigenvalue weighted by Crippen LogP contribution is -2.17. The monoisotopic (exact) mass is 332 g/mol. The first-order valence-electron chi connectivity index (χ1n) is 5.36. The largest absolute Gasteiger partial charge is 0.389 e. The fraction of sp³-hybridized carbons (Fsp3) is 0.417. The molecule has 17 heavy (non-hydrogen) atoms. The molecular formula is C12H17BrN2S2. The SMILES string of the molecule is CSCC(C)CNc1cc(Br)ccc1C(N)=S. The molecule has 0 bridgehead atoms. The van der Waals surface area contributed by atoms with Gasteiger partial charge in [-0.15, -0.1) is 0 Å². The number of hydrogen-bond donors (Lipinski definition) is 2. The minimum atomic E-state index is 0.428. The Bertz CT molecular complexity index is 396. The van der Waals surface area contributed by atoms with Crippen LogP contribution in [0, 0.1) is 5.92 Å². The molecule has 3 N–H and O–H groups in total. The van der Waals surface area contributed by atoms with Crippen LogP contribution in [0.15, 0.2) is 22.7 Å². The number of rotatable bonds is 6. The number of thiocarbonyl (C=S) groups is 1. The van der Waals surface area contributed by atoms with Gasteiger partial charge in [0.05, 0.1) is 0 Å². The minimum absolute atomic E-state index is 0.428. The van der Waals surface area contributed by atoms with E-state index in [9.17, 15) is 0 Å². The van der Waals surface area contributed by atoms with Crippen LogP contribution in [0.5, 0.6) is 0 Å². The van der Waals surface area contributed by atoms with Crippen molar-refractivity contribution >= 4 is 50.6 Å². The van der Waals surface area contributed by atoms with Gasteiger partial charge in [-0.05, 0) is 36.1 Å². The van der Waals surface area contributed by atoms with Gasteiger partial charge in [-0.1, -0.05) is 35.1 Å². The smallest absolute Gasteiger partial charge is 0.106 e. The fourth-order valence-electron chi connectivity index (χ4n) is 1.51. The van der Waals surface area contributed by atoms with E-state index >= 15 is 0 Å². The molecule has 0 saturated heterocycles. The van der Waals surface area contributed by atoms with E-state index in [-0.39, 0.29) is 0 Å². The normalized spacial score (nSPS) is 12.2. The van der Waals surface area contributed by atoms with Crippen molar-refractivity contribution in [3.8, 4) is 0 Å². The highest BCUT2D eigenvalue weighted by Gasteiger charge is 2.07. The van der Waals surface area contributed by atoms with Gasteiger partial charge in [0, 0.05) is 22.3 Å². The Morgan fingerprint density at radius 3 is 2.88 bits per heavy atom. The topological polar surface area (TPSA) is 38.0 Å². The highest BCUT2D eigenvalue weighted by molar-refractivity contribution is 9.10. The van der Waals surface area contributed by atoms with Gasteiger partial charge in [-0.25, -0.2) is 0 Å². The van der Waals surface area contributed by atoms with Gasteiger partial charge < -0.3 is 11.1 Å². The minimum Gasteiger partial charge on any atom is -0.389 e. The van der Waals surface area contributed by atoms with Crippen LogP contribution in [0.4, 0.5) is 5.69 Å². The second-order valence-electron chi connectivity index (χ2n) is 4.00. The zero-order valence-corrected chi connectivity index (χ0v) is 13.2. The molecule has 1 aromatic rings. The van der Waals surface area contributed by atoms with Gasteiger partial charge in [0.15, 0.2) is 0 Å². The summed E-state index contributed by atoms with van der Waals surface area (Å²) in [6.45, 7) is 3.15. The Hall–Kier alpha value is -0.260. The molecule has 0 aliphatic heterocycles. The van der Waals surface area contributed by atoms with Crippen molar-refractivity contribution < 1.29 is 0 Å². The van der Waals surface area contributed by atoms with Gasteiger partial charge in [0.25, 0.3) is 0 Å². The van der Waals surface area contributed by atoms with Crippen molar-refractivity contribution in [2.45, 2.75) is 6.92 Å². The van der Waals surface area contributed by atoms with Crippen LogP contribution < -0.4 is 11.1 Å². The second-order valence-corrected chi connectivity index (χ2v) is 6.26. The molecule has 1 unspecified atom stereocenters. The van der Waals surface area contributed by atoms with Crippen molar-refractivity contribution in [3.63, 3.8) is 0 Å². The predicted molar refractivity (Wildman–Crippen MR) is 86.1 cm³/mol. The average molecular weight is 333 g/mol. The van der Waals surface area contributed by atoms with E-state index < -0.39 is 0 Å². The highest BCUT2D eigenvalue weighted by atomic mass is 79.9. The molecule has 0 amide bonds. The molecule has 0 heterocycles. The van der Waals surface area contributed by atoms with Crippen molar-refractivity contribution in [3.05, 3.63) is 28.2 Å². The number of anilines is 1. The maximum Gasteiger partial charge on any atom is 0.106 e. The van der Waals surface area contributed by atoms with Gasteiger partial charge in [-0.2, -0.15) is 11.8 Å². The number of hydrogen-bond acceptors (Lipinski definition) is 3. The zero-order valence-electron chi connectivity index (χ0n) is 10.00. The van der Waals surface area contributed by atoms with Gasteiger partial charge in [-0.3, -0.25) is 0 Å². The van der Waals surface area contributed by atoms with Crippen molar-refractivity contribution in [1.82, 2.24) is 0 Å². The highest BCUT2D eigenvalue weighted by Crippen LogP contribution is 2.22. The van der Waals surface area contributed by atoms with Crippen molar-refractivity contribution in [2.24, 2.45) is 11.7 Å². The summed E-state index contributed by atoms with van der Waals surface area (Å²) in [5.41, 5.74) is 7.60. The lowest BCUT2D eigenvalue weighted by molar-refractivity contribution is 0.701. The standard InChI is InChI=1S/C12H17BrN2S2/c1-8(7-17-2)6-15-11-5-9(13)3-4-10(11)12(14)16/h3-5,8,15H,6-7H2,1-2H3,(H2,14,16). The second kappa shape index (κ2) is 7.24. The van der Waals surface area contributed by atoms with Gasteiger partial charge in [0.2, 0.25) is 0 Å². The van der Waals surface area contributed by atoms with Gasteiger partial charge in [0.1, 0.15) is 4.99 Å². The summed E-state index contributed by atoms with van der Waals surface area (Å²) in [5.74, 6) is 1.76. The Balaban J connectivity index is 2.75. The van der Waals surface area contributed by atoms with Crippen LogP contribution in [0.3, 0.4) is 0 Å². The molecular weight excluding hydrogens is 316 g/mol. The first-order valence-corrected chi connectivity index (χ1v) is 7.96. The van der Waals surface area contributed by atoms with Crippen LogP contribution in [0.1, 0.15) is 12.5 Å². The molecule has 5 heteroatoms. The van der Waals surface area contributed by atoms with E-state index in [1.807, 2.05) is 30.0 Å². The summed E-state index contributed by atoms with van der Waals surface area (Å²) in [6, 6.07) is 5.90. The van der Waals surface area contributed by atoms with E-state index in [2.05, 4.69) is 34.4 Å². The predicted octanol–water partition coefficient (Wildman–Crippen LogP) is 3.49. The molecule has 1 rings (SSSR count). The van der Waals surface area contributed by atoms with E-state index in [1.165, 1.54) is 0 Å². The molecule has 1 aromatic carbocycles. The molecule has 94 valence electrons. The molecule has 0 fully saturated rings. The maximum absolute atomic E-state index is 5.70. The Kier molecular flexibility index (Phi) is 6.30. The third-order valence-electron chi connectivity index (χ3n) is 2.34. The Labute approximate surface area is 121 Å². The Morgan fingerprint density at radius 2 is 2.29 bits per heavy atom.